The number of phenolic OH excluding ortho intramolecular Hbond substituents is 1. The highest BCUT2D eigenvalue weighted by Gasteiger charge is 2.35. The third kappa shape index (κ3) is 9.16. The van der Waals surface area contributed by atoms with Gasteiger partial charge in [-0.1, -0.05) is 68.5 Å². The molecular weight excluding hydrogens is 470 g/mol. The number of phenols is 1. The molecule has 2 rings (SSSR count). The Morgan fingerprint density at radius 2 is 1.71 bits per heavy atom. The molecule has 0 fully saturated rings. The van der Waals surface area contributed by atoms with E-state index in [2.05, 4.69) is 5.43 Å². The van der Waals surface area contributed by atoms with Crippen LogP contribution < -0.4 is 10.9 Å². The highest BCUT2D eigenvalue weighted by molar-refractivity contribution is 7.88. The van der Waals surface area contributed by atoms with Crippen molar-refractivity contribution in [1.82, 2.24) is 15.3 Å². The van der Waals surface area contributed by atoms with Crippen LogP contribution in [-0.4, -0.2) is 41.2 Å². The number of nitrogens with zero attached hydrogens (tertiary/aromatic N) is 1. The average Bonchev–Trinajstić information content (AvgIpc) is 2.79. The number of hydrogen-bond acceptors (Lipinski definition) is 6. The first kappa shape index (κ1) is 28.0. The second-order valence-electron chi connectivity index (χ2n) is 8.78. The molecular formula is C25H33N3O6S. The minimum Gasteiger partial charge on any atom is -0.508 e. The molecule has 2 atom stereocenters. The molecule has 0 saturated carbocycles. The summed E-state index contributed by atoms with van der Waals surface area (Å²) in [5.41, 5.74) is 5.45. The molecule has 0 aromatic heterocycles. The fourth-order valence-electron chi connectivity index (χ4n) is 3.68. The number of benzene rings is 2. The zero-order valence-corrected chi connectivity index (χ0v) is 20.9. The first-order chi connectivity index (χ1) is 16.5. The van der Waals surface area contributed by atoms with Crippen LogP contribution in [0.25, 0.3) is 6.08 Å². The standard InChI is InChI=1S/C25H33N3O6S/c1-18(2)15-23(22(25(31)27-32)14-8-11-19-9-5-4-6-10-19)24(30)26-28(35(3,33)34)17-20-12-7-13-21(29)16-20/h4-13,16,18,22-23,29,32H,14-15,17H2,1-3H3,(H,26,30)(H,27,31)/t22-,23-/m0/s1. The molecule has 2 aromatic rings. The van der Waals surface area contributed by atoms with Gasteiger partial charge in [0, 0.05) is 0 Å². The fraction of sp³-hybridized carbons (Fsp3) is 0.360. The quantitative estimate of drug-likeness (QED) is 0.260. The predicted molar refractivity (Wildman–Crippen MR) is 133 cm³/mol. The van der Waals surface area contributed by atoms with Crippen LogP contribution in [0.1, 0.15) is 37.8 Å². The summed E-state index contributed by atoms with van der Waals surface area (Å²) < 4.78 is 25.6. The largest absolute Gasteiger partial charge is 0.508 e. The molecule has 190 valence electrons. The lowest BCUT2D eigenvalue weighted by Gasteiger charge is -2.28. The number of carbonyl (C=O) groups is 2. The molecule has 4 N–H and O–H groups in total. The predicted octanol–water partition coefficient (Wildman–Crippen LogP) is 3.07. The lowest BCUT2D eigenvalue weighted by molar-refractivity contribution is -0.142. The van der Waals surface area contributed by atoms with E-state index in [4.69, 9.17) is 0 Å². The van der Waals surface area contributed by atoms with E-state index in [1.807, 2.05) is 50.3 Å². The fourth-order valence-corrected chi connectivity index (χ4v) is 4.32. The van der Waals surface area contributed by atoms with Crippen LogP contribution in [0, 0.1) is 17.8 Å². The highest BCUT2D eigenvalue weighted by Crippen LogP contribution is 2.26. The van der Waals surface area contributed by atoms with Crippen LogP contribution in [0.4, 0.5) is 0 Å². The number of hydrazine groups is 1. The number of aromatic hydroxyl groups is 1. The molecule has 9 nitrogen and oxygen atoms in total. The number of nitrogens with one attached hydrogen (secondary N) is 2. The van der Waals surface area contributed by atoms with Gasteiger partial charge in [0.2, 0.25) is 21.8 Å². The number of allylic oxidation sites excluding steroid dienone is 1. The summed E-state index contributed by atoms with van der Waals surface area (Å²) in [6.07, 6.45) is 4.95. The van der Waals surface area contributed by atoms with E-state index in [1.165, 1.54) is 12.1 Å². The first-order valence-corrected chi connectivity index (χ1v) is 13.1. The Kier molecular flexibility index (Phi) is 10.4. The highest BCUT2D eigenvalue weighted by atomic mass is 32.2. The van der Waals surface area contributed by atoms with Gasteiger partial charge in [-0.3, -0.25) is 20.2 Å². The number of hydrogen-bond donors (Lipinski definition) is 4. The van der Waals surface area contributed by atoms with Gasteiger partial charge < -0.3 is 5.11 Å². The summed E-state index contributed by atoms with van der Waals surface area (Å²) in [7, 11) is -3.88. The maximum atomic E-state index is 13.3. The van der Waals surface area contributed by atoms with E-state index >= 15 is 0 Å². The number of carbonyl (C=O) groups excluding carboxylic acids is 2. The summed E-state index contributed by atoms with van der Waals surface area (Å²) in [5, 5.41) is 19.0. The average molecular weight is 504 g/mol. The van der Waals surface area contributed by atoms with Gasteiger partial charge in [0.25, 0.3) is 0 Å². The Labute approximate surface area is 206 Å². The zero-order chi connectivity index (χ0) is 26.0. The summed E-state index contributed by atoms with van der Waals surface area (Å²) in [5.74, 6) is -3.28. The van der Waals surface area contributed by atoms with Crippen molar-refractivity contribution < 1.29 is 28.3 Å². The van der Waals surface area contributed by atoms with Gasteiger partial charge in [-0.2, -0.15) is 0 Å². The molecule has 0 saturated heterocycles. The molecule has 0 heterocycles. The molecule has 0 aliphatic rings. The molecule has 0 unspecified atom stereocenters. The van der Waals surface area contributed by atoms with Gasteiger partial charge in [-0.25, -0.2) is 13.9 Å². The van der Waals surface area contributed by atoms with Crippen LogP contribution in [-0.2, 0) is 26.2 Å². The topological polar surface area (TPSA) is 136 Å². The molecule has 0 aliphatic carbocycles. The van der Waals surface area contributed by atoms with Crippen LogP contribution in [0.2, 0.25) is 0 Å². The molecule has 2 aromatic carbocycles. The van der Waals surface area contributed by atoms with Gasteiger partial charge in [-0.05, 0) is 42.0 Å². The van der Waals surface area contributed by atoms with Gasteiger partial charge in [0.05, 0.1) is 24.6 Å². The molecule has 0 spiro atoms. The summed E-state index contributed by atoms with van der Waals surface area (Å²) in [4.78, 5) is 25.9. The number of rotatable bonds is 12. The Bertz CT molecular complexity index is 1120. The Morgan fingerprint density at radius 3 is 2.29 bits per heavy atom. The SMILES string of the molecule is CC(C)C[C@H](C(=O)NN(Cc1cccc(O)c1)S(C)(=O)=O)[C@H](CC=Cc1ccccc1)C(=O)NO. The van der Waals surface area contributed by atoms with Crippen molar-refractivity contribution >= 4 is 27.9 Å². The van der Waals surface area contributed by atoms with Gasteiger partial charge in [0.1, 0.15) is 5.75 Å². The molecule has 0 bridgehead atoms. The third-order valence-corrected chi connectivity index (χ3v) is 6.39. The summed E-state index contributed by atoms with van der Waals surface area (Å²) >= 11 is 0. The van der Waals surface area contributed by atoms with Crippen LogP contribution >= 0.6 is 0 Å². The van der Waals surface area contributed by atoms with Crippen molar-refractivity contribution in [3.63, 3.8) is 0 Å². The maximum absolute atomic E-state index is 13.3. The monoisotopic (exact) mass is 503 g/mol. The summed E-state index contributed by atoms with van der Waals surface area (Å²) in [6.45, 7) is 3.56. The minimum absolute atomic E-state index is 0.00981. The van der Waals surface area contributed by atoms with Crippen LogP contribution in [0.5, 0.6) is 5.75 Å². The van der Waals surface area contributed by atoms with E-state index in [0.29, 0.717) is 5.56 Å². The van der Waals surface area contributed by atoms with Crippen molar-refractivity contribution in [3.05, 3.63) is 71.8 Å². The lowest BCUT2D eigenvalue weighted by atomic mass is 9.82. The lowest BCUT2D eigenvalue weighted by Crippen LogP contribution is -2.50. The Hall–Kier alpha value is -3.21. The molecule has 2 amide bonds. The van der Waals surface area contributed by atoms with Crippen molar-refractivity contribution in [2.24, 2.45) is 17.8 Å². The van der Waals surface area contributed by atoms with E-state index in [9.17, 15) is 28.3 Å². The zero-order valence-electron chi connectivity index (χ0n) is 20.1. The molecule has 10 heteroatoms. The number of sulfonamides is 1. The molecule has 0 aliphatic heterocycles. The first-order valence-electron chi connectivity index (χ1n) is 11.2. The van der Waals surface area contributed by atoms with E-state index < -0.39 is 33.7 Å². The molecule has 35 heavy (non-hydrogen) atoms. The minimum atomic E-state index is -3.88. The number of amides is 2. The van der Waals surface area contributed by atoms with E-state index in [1.54, 1.807) is 23.7 Å². The van der Waals surface area contributed by atoms with Crippen molar-refractivity contribution in [3.8, 4) is 5.75 Å². The second kappa shape index (κ2) is 13.0. The van der Waals surface area contributed by atoms with Gasteiger partial charge in [-0.15, -0.1) is 4.41 Å². The molecule has 0 radical (unpaired) electrons. The Morgan fingerprint density at radius 1 is 1.03 bits per heavy atom. The third-order valence-electron chi connectivity index (χ3n) is 5.37. The maximum Gasteiger partial charge on any atom is 0.247 e. The summed E-state index contributed by atoms with van der Waals surface area (Å²) in [6, 6.07) is 15.4. The normalized spacial score (nSPS) is 13.7. The van der Waals surface area contributed by atoms with E-state index in [-0.39, 0.29) is 31.1 Å². The smallest absolute Gasteiger partial charge is 0.247 e. The van der Waals surface area contributed by atoms with Crippen LogP contribution in [0.15, 0.2) is 60.7 Å². The van der Waals surface area contributed by atoms with Gasteiger partial charge in [0.15, 0.2) is 0 Å². The van der Waals surface area contributed by atoms with Crippen molar-refractivity contribution in [2.75, 3.05) is 6.26 Å². The van der Waals surface area contributed by atoms with Crippen molar-refractivity contribution in [2.45, 2.75) is 33.2 Å². The van der Waals surface area contributed by atoms with E-state index in [0.717, 1.165) is 16.2 Å². The Balaban J connectivity index is 2.29. The second-order valence-corrected chi connectivity index (χ2v) is 10.7. The van der Waals surface area contributed by atoms with Gasteiger partial charge >= 0.3 is 0 Å². The van der Waals surface area contributed by atoms with Crippen LogP contribution in [0.3, 0.4) is 0 Å². The number of hydroxylamine groups is 1. The van der Waals surface area contributed by atoms with Crippen molar-refractivity contribution in [1.29, 1.82) is 0 Å².